The molecular formula is C24H30Cl2N2O2. The molecule has 0 aliphatic carbocycles. The maximum atomic E-state index is 11.7. The number of aryl methyl sites for hydroxylation is 1. The van der Waals surface area contributed by atoms with Gasteiger partial charge in [-0.3, -0.25) is 0 Å². The lowest BCUT2D eigenvalue weighted by atomic mass is 9.79. The lowest BCUT2D eigenvalue weighted by Gasteiger charge is -2.45. The summed E-state index contributed by atoms with van der Waals surface area (Å²) in [6.45, 7) is 8.96. The van der Waals surface area contributed by atoms with Crippen LogP contribution in [0.5, 0.6) is 0 Å². The lowest BCUT2D eigenvalue weighted by Crippen LogP contribution is -2.54. The van der Waals surface area contributed by atoms with Crippen molar-refractivity contribution < 1.29 is 9.90 Å². The highest BCUT2D eigenvalue weighted by atomic mass is 35.5. The molecule has 6 heteroatoms. The van der Waals surface area contributed by atoms with Gasteiger partial charge in [0, 0.05) is 24.3 Å². The van der Waals surface area contributed by atoms with E-state index in [9.17, 15) is 9.90 Å². The van der Waals surface area contributed by atoms with Gasteiger partial charge in [-0.1, -0.05) is 67.7 Å². The first-order chi connectivity index (χ1) is 14.0. The highest BCUT2D eigenvalue weighted by Gasteiger charge is 2.38. The number of likely N-dealkylation sites (tertiary alicyclic amines) is 1. The Hall–Kier alpha value is -1.91. The predicted octanol–water partition coefficient (Wildman–Crippen LogP) is 6.86. The minimum Gasteiger partial charge on any atom is -0.465 e. The molecule has 0 radical (unpaired) electrons. The number of carboxylic acid groups (broad SMARTS) is 1. The summed E-state index contributed by atoms with van der Waals surface area (Å²) in [6, 6.07) is 12.4. The van der Waals surface area contributed by atoms with E-state index in [2.05, 4.69) is 51.2 Å². The van der Waals surface area contributed by atoms with Gasteiger partial charge in [0.05, 0.1) is 10.0 Å². The topological polar surface area (TPSA) is 52.6 Å². The number of benzene rings is 2. The summed E-state index contributed by atoms with van der Waals surface area (Å²) in [5.41, 5.74) is 4.47. The molecule has 2 atom stereocenters. The monoisotopic (exact) mass is 448 g/mol. The van der Waals surface area contributed by atoms with E-state index < -0.39 is 6.09 Å². The standard InChI is InChI=1S/C24H30Cl2N2O2/c1-15-5-8-21(17(11-15)12-16-6-7-19(25)20(26)13-16)27-18-9-10-28(23(29)30)22(14-18)24(2,3)4/h5-8,11,13,18,22,27H,9-10,12,14H2,1-4H3,(H,29,30). The Morgan fingerprint density at radius 3 is 2.53 bits per heavy atom. The highest BCUT2D eigenvalue weighted by Crippen LogP contribution is 2.34. The molecule has 1 aliphatic heterocycles. The van der Waals surface area contributed by atoms with Gasteiger partial charge in [-0.05, 0) is 60.9 Å². The van der Waals surface area contributed by atoms with Crippen LogP contribution in [0.25, 0.3) is 0 Å². The summed E-state index contributed by atoms with van der Waals surface area (Å²) in [4.78, 5) is 13.3. The Balaban J connectivity index is 1.81. The SMILES string of the molecule is Cc1ccc(NC2CCN(C(=O)O)C(C(C)(C)C)C2)c(Cc2ccc(Cl)c(Cl)c2)c1. The molecule has 0 spiro atoms. The maximum absolute atomic E-state index is 11.7. The maximum Gasteiger partial charge on any atom is 0.407 e. The van der Waals surface area contributed by atoms with Crippen LogP contribution in [0.1, 0.15) is 50.3 Å². The molecule has 1 heterocycles. The fraction of sp³-hybridized carbons (Fsp3) is 0.458. The summed E-state index contributed by atoms with van der Waals surface area (Å²) in [5.74, 6) is 0. The van der Waals surface area contributed by atoms with Crippen LogP contribution in [-0.2, 0) is 6.42 Å². The highest BCUT2D eigenvalue weighted by molar-refractivity contribution is 6.42. The summed E-state index contributed by atoms with van der Waals surface area (Å²) in [7, 11) is 0. The molecule has 0 saturated carbocycles. The van der Waals surface area contributed by atoms with E-state index in [4.69, 9.17) is 23.2 Å². The second-order valence-corrected chi connectivity index (χ2v) is 10.1. The second kappa shape index (κ2) is 9.07. The van der Waals surface area contributed by atoms with Crippen LogP contribution >= 0.6 is 23.2 Å². The van der Waals surface area contributed by atoms with Crippen LogP contribution in [0, 0.1) is 12.3 Å². The number of nitrogens with zero attached hydrogens (tertiary/aromatic N) is 1. The third-order valence-electron chi connectivity index (χ3n) is 5.85. The zero-order valence-electron chi connectivity index (χ0n) is 18.0. The van der Waals surface area contributed by atoms with Crippen molar-refractivity contribution >= 4 is 35.0 Å². The quantitative estimate of drug-likeness (QED) is 0.536. The van der Waals surface area contributed by atoms with Crippen LogP contribution in [0.3, 0.4) is 0 Å². The van der Waals surface area contributed by atoms with E-state index >= 15 is 0 Å². The minimum atomic E-state index is -0.830. The number of rotatable bonds is 4. The lowest BCUT2D eigenvalue weighted by molar-refractivity contribution is 0.0557. The summed E-state index contributed by atoms with van der Waals surface area (Å²) in [5, 5.41) is 14.4. The molecule has 0 aromatic heterocycles. The van der Waals surface area contributed by atoms with Crippen molar-refractivity contribution in [3.63, 3.8) is 0 Å². The first kappa shape index (κ1) is 22.8. The number of hydrogen-bond acceptors (Lipinski definition) is 2. The fourth-order valence-corrected chi connectivity index (χ4v) is 4.57. The van der Waals surface area contributed by atoms with Crippen LogP contribution in [0.2, 0.25) is 10.0 Å². The molecule has 30 heavy (non-hydrogen) atoms. The Bertz CT molecular complexity index is 924. The smallest absolute Gasteiger partial charge is 0.407 e. The van der Waals surface area contributed by atoms with Gasteiger partial charge in [-0.2, -0.15) is 0 Å². The summed E-state index contributed by atoms with van der Waals surface area (Å²) < 4.78 is 0. The number of piperidine rings is 1. The van der Waals surface area contributed by atoms with Crippen LogP contribution in [0.4, 0.5) is 10.5 Å². The molecule has 1 fully saturated rings. The van der Waals surface area contributed by atoms with E-state index in [0.29, 0.717) is 16.6 Å². The second-order valence-electron chi connectivity index (χ2n) is 9.31. The third kappa shape index (κ3) is 5.41. The Kier molecular flexibility index (Phi) is 6.88. The van der Waals surface area contributed by atoms with Gasteiger partial charge in [0.2, 0.25) is 0 Å². The molecule has 4 nitrogen and oxygen atoms in total. The van der Waals surface area contributed by atoms with E-state index in [1.165, 1.54) is 11.1 Å². The van der Waals surface area contributed by atoms with E-state index in [-0.39, 0.29) is 17.5 Å². The van der Waals surface area contributed by atoms with E-state index in [1.807, 2.05) is 18.2 Å². The number of anilines is 1. The summed E-state index contributed by atoms with van der Waals surface area (Å²) in [6.07, 6.45) is 1.50. The van der Waals surface area contributed by atoms with Gasteiger partial charge in [0.1, 0.15) is 0 Å². The number of amides is 1. The van der Waals surface area contributed by atoms with Gasteiger partial charge < -0.3 is 15.3 Å². The van der Waals surface area contributed by atoms with Gasteiger partial charge in [-0.25, -0.2) is 4.79 Å². The molecule has 2 aromatic carbocycles. The third-order valence-corrected chi connectivity index (χ3v) is 6.59. The van der Waals surface area contributed by atoms with Crippen LogP contribution in [0.15, 0.2) is 36.4 Å². The number of halogens is 2. The zero-order valence-corrected chi connectivity index (χ0v) is 19.5. The van der Waals surface area contributed by atoms with Crippen molar-refractivity contribution in [3.8, 4) is 0 Å². The molecule has 1 aliphatic rings. The molecule has 162 valence electrons. The normalized spacial score (nSPS) is 19.6. The first-order valence-electron chi connectivity index (χ1n) is 10.3. The molecule has 0 bridgehead atoms. The van der Waals surface area contributed by atoms with Crippen molar-refractivity contribution in [1.29, 1.82) is 0 Å². The molecule has 3 rings (SSSR count). The Morgan fingerprint density at radius 1 is 1.17 bits per heavy atom. The fourth-order valence-electron chi connectivity index (χ4n) is 4.25. The minimum absolute atomic E-state index is 0.0229. The molecule has 1 amide bonds. The molecule has 2 unspecified atom stereocenters. The molecule has 2 aromatic rings. The molecule has 1 saturated heterocycles. The largest absolute Gasteiger partial charge is 0.465 e. The van der Waals surface area contributed by atoms with Crippen molar-refractivity contribution in [3.05, 3.63) is 63.1 Å². The Labute approximate surface area is 189 Å². The zero-order chi connectivity index (χ0) is 22.1. The number of hydrogen-bond donors (Lipinski definition) is 2. The van der Waals surface area contributed by atoms with E-state index in [1.54, 1.807) is 4.90 Å². The molecule has 2 N–H and O–H groups in total. The van der Waals surface area contributed by atoms with E-state index in [0.717, 1.165) is 30.5 Å². The summed E-state index contributed by atoms with van der Waals surface area (Å²) >= 11 is 12.3. The Morgan fingerprint density at radius 2 is 1.90 bits per heavy atom. The average Bonchev–Trinajstić information content (AvgIpc) is 2.66. The molecular weight excluding hydrogens is 419 g/mol. The van der Waals surface area contributed by atoms with Crippen molar-refractivity contribution in [2.45, 2.75) is 59.0 Å². The predicted molar refractivity (Wildman–Crippen MR) is 125 cm³/mol. The van der Waals surface area contributed by atoms with Gasteiger partial charge in [0.15, 0.2) is 0 Å². The van der Waals surface area contributed by atoms with Crippen LogP contribution < -0.4 is 5.32 Å². The average molecular weight is 449 g/mol. The van der Waals surface area contributed by atoms with Gasteiger partial charge in [-0.15, -0.1) is 0 Å². The number of carbonyl (C=O) groups is 1. The number of nitrogens with one attached hydrogen (secondary N) is 1. The van der Waals surface area contributed by atoms with Gasteiger partial charge in [0.25, 0.3) is 0 Å². The van der Waals surface area contributed by atoms with Crippen LogP contribution in [-0.4, -0.2) is 34.7 Å². The van der Waals surface area contributed by atoms with Crippen molar-refractivity contribution in [1.82, 2.24) is 4.90 Å². The van der Waals surface area contributed by atoms with Crippen molar-refractivity contribution in [2.24, 2.45) is 5.41 Å². The van der Waals surface area contributed by atoms with Gasteiger partial charge >= 0.3 is 6.09 Å². The first-order valence-corrected chi connectivity index (χ1v) is 11.1. The van der Waals surface area contributed by atoms with Crippen molar-refractivity contribution in [2.75, 3.05) is 11.9 Å².